The molecule has 7 heteroatoms. The van der Waals surface area contributed by atoms with Crippen LogP contribution < -0.4 is 10.0 Å². The van der Waals surface area contributed by atoms with Crippen LogP contribution in [0.1, 0.15) is 44.2 Å². The van der Waals surface area contributed by atoms with Gasteiger partial charge in [0, 0.05) is 6.04 Å². The Labute approximate surface area is 158 Å². The van der Waals surface area contributed by atoms with E-state index >= 15 is 0 Å². The van der Waals surface area contributed by atoms with E-state index in [4.69, 9.17) is 0 Å². The Morgan fingerprint density at radius 1 is 1.08 bits per heavy atom. The van der Waals surface area contributed by atoms with Gasteiger partial charge in [-0.1, -0.05) is 43.3 Å². The molecular formula is C19H24N2O3S2. The van der Waals surface area contributed by atoms with Crippen LogP contribution in [-0.2, 0) is 14.8 Å². The maximum atomic E-state index is 12.9. The summed E-state index contributed by atoms with van der Waals surface area (Å²) in [4.78, 5) is 12.9. The summed E-state index contributed by atoms with van der Waals surface area (Å²) in [5.41, 5.74) is 0.634. The van der Waals surface area contributed by atoms with Crippen molar-refractivity contribution in [3.63, 3.8) is 0 Å². The van der Waals surface area contributed by atoms with E-state index in [0.717, 1.165) is 37.0 Å². The van der Waals surface area contributed by atoms with Crippen LogP contribution in [0.3, 0.4) is 0 Å². The molecule has 1 heterocycles. The van der Waals surface area contributed by atoms with Gasteiger partial charge in [0.2, 0.25) is 5.91 Å². The Balaban J connectivity index is 1.79. The van der Waals surface area contributed by atoms with Gasteiger partial charge in [-0.15, -0.1) is 11.3 Å². The molecule has 1 atom stereocenters. The van der Waals surface area contributed by atoms with Crippen LogP contribution in [0.15, 0.2) is 52.1 Å². The monoisotopic (exact) mass is 392 g/mol. The van der Waals surface area contributed by atoms with Gasteiger partial charge in [-0.05, 0) is 48.6 Å². The van der Waals surface area contributed by atoms with Gasteiger partial charge >= 0.3 is 0 Å². The first-order chi connectivity index (χ1) is 12.5. The molecule has 140 valence electrons. The fourth-order valence-electron chi connectivity index (χ4n) is 3.24. The number of thiophene rings is 1. The highest BCUT2D eigenvalue weighted by molar-refractivity contribution is 7.91. The minimum atomic E-state index is -3.75. The molecule has 1 saturated carbocycles. The second-order valence-corrected chi connectivity index (χ2v) is 9.75. The summed E-state index contributed by atoms with van der Waals surface area (Å²) in [6.07, 6.45) is 4.04. The van der Waals surface area contributed by atoms with Crippen molar-refractivity contribution in [3.05, 3.63) is 53.4 Å². The highest BCUT2D eigenvalue weighted by Gasteiger charge is 2.30. The van der Waals surface area contributed by atoms with Crippen LogP contribution >= 0.6 is 11.3 Å². The minimum Gasteiger partial charge on any atom is -0.352 e. The Morgan fingerprint density at radius 3 is 2.38 bits per heavy atom. The molecule has 1 aromatic heterocycles. The van der Waals surface area contributed by atoms with Gasteiger partial charge in [-0.2, -0.15) is 4.72 Å². The van der Waals surface area contributed by atoms with Crippen LogP contribution in [0.4, 0.5) is 0 Å². The molecular weight excluding hydrogens is 368 g/mol. The zero-order valence-corrected chi connectivity index (χ0v) is 16.4. The molecule has 0 aliphatic heterocycles. The average Bonchev–Trinajstić information content (AvgIpc) is 3.18. The van der Waals surface area contributed by atoms with Gasteiger partial charge in [0.15, 0.2) is 0 Å². The normalized spacial score (nSPS) is 21.9. The zero-order chi connectivity index (χ0) is 18.6. The molecule has 1 fully saturated rings. The lowest BCUT2D eigenvalue weighted by Crippen LogP contribution is -2.45. The van der Waals surface area contributed by atoms with Crippen molar-refractivity contribution in [3.8, 4) is 0 Å². The van der Waals surface area contributed by atoms with Crippen molar-refractivity contribution < 1.29 is 13.2 Å². The highest BCUT2D eigenvalue weighted by atomic mass is 32.2. The lowest BCUT2D eigenvalue weighted by atomic mass is 9.87. The van der Waals surface area contributed by atoms with Crippen molar-refractivity contribution in [1.82, 2.24) is 10.0 Å². The molecule has 1 amide bonds. The third kappa shape index (κ3) is 4.72. The maximum absolute atomic E-state index is 12.9. The molecule has 1 aliphatic carbocycles. The summed E-state index contributed by atoms with van der Waals surface area (Å²) >= 11 is 1.13. The van der Waals surface area contributed by atoms with Gasteiger partial charge < -0.3 is 5.32 Å². The molecule has 5 nitrogen and oxygen atoms in total. The lowest BCUT2D eigenvalue weighted by Gasteiger charge is -2.28. The predicted octanol–water partition coefficient (Wildman–Crippen LogP) is 3.46. The van der Waals surface area contributed by atoms with Crippen molar-refractivity contribution in [2.45, 2.75) is 48.9 Å². The van der Waals surface area contributed by atoms with E-state index in [2.05, 4.69) is 17.0 Å². The molecule has 2 aromatic rings. The third-order valence-electron chi connectivity index (χ3n) is 4.79. The predicted molar refractivity (Wildman–Crippen MR) is 103 cm³/mol. The maximum Gasteiger partial charge on any atom is 0.251 e. The fourth-order valence-corrected chi connectivity index (χ4v) is 5.43. The van der Waals surface area contributed by atoms with Crippen LogP contribution in [0.25, 0.3) is 0 Å². The number of sulfonamides is 1. The number of hydrogen-bond donors (Lipinski definition) is 2. The second-order valence-electron chi connectivity index (χ2n) is 6.86. The van der Waals surface area contributed by atoms with E-state index < -0.39 is 16.1 Å². The van der Waals surface area contributed by atoms with Crippen LogP contribution in [-0.4, -0.2) is 20.4 Å². The van der Waals surface area contributed by atoms with Gasteiger partial charge in [0.05, 0.1) is 0 Å². The van der Waals surface area contributed by atoms with E-state index in [1.165, 1.54) is 6.07 Å². The number of amides is 1. The number of hydrogen-bond acceptors (Lipinski definition) is 4. The van der Waals surface area contributed by atoms with Crippen molar-refractivity contribution in [2.24, 2.45) is 5.92 Å². The summed E-state index contributed by atoms with van der Waals surface area (Å²) in [6.45, 7) is 2.22. The van der Waals surface area contributed by atoms with E-state index in [9.17, 15) is 13.2 Å². The molecule has 2 N–H and O–H groups in total. The Morgan fingerprint density at radius 2 is 1.77 bits per heavy atom. The highest BCUT2D eigenvalue weighted by Crippen LogP contribution is 2.25. The molecule has 0 saturated heterocycles. The third-order valence-corrected chi connectivity index (χ3v) is 7.61. The first kappa shape index (κ1) is 19.1. The quantitative estimate of drug-likeness (QED) is 0.790. The van der Waals surface area contributed by atoms with E-state index in [-0.39, 0.29) is 16.2 Å². The number of carbonyl (C=O) groups excluding carboxylic acids is 1. The van der Waals surface area contributed by atoms with Gasteiger partial charge in [-0.25, -0.2) is 8.42 Å². The Hall–Kier alpha value is -1.70. The van der Waals surface area contributed by atoms with Crippen molar-refractivity contribution >= 4 is 27.3 Å². The number of rotatable bonds is 6. The first-order valence-electron chi connectivity index (χ1n) is 8.87. The van der Waals surface area contributed by atoms with Crippen molar-refractivity contribution in [2.75, 3.05) is 0 Å². The molecule has 0 bridgehead atoms. The van der Waals surface area contributed by atoms with Gasteiger partial charge in [0.25, 0.3) is 10.0 Å². The van der Waals surface area contributed by atoms with Gasteiger partial charge in [-0.3, -0.25) is 4.79 Å². The minimum absolute atomic E-state index is 0.108. The molecule has 1 aliphatic rings. The van der Waals surface area contributed by atoms with E-state index in [1.807, 2.05) is 6.07 Å². The van der Waals surface area contributed by atoms with Gasteiger partial charge in [0.1, 0.15) is 10.3 Å². The topological polar surface area (TPSA) is 75.3 Å². The summed E-state index contributed by atoms with van der Waals surface area (Å²) < 4.78 is 28.1. The number of carbonyl (C=O) groups is 1. The first-order valence-corrected chi connectivity index (χ1v) is 11.2. The van der Waals surface area contributed by atoms with Crippen LogP contribution in [0.2, 0.25) is 0 Å². The average molecular weight is 393 g/mol. The molecule has 26 heavy (non-hydrogen) atoms. The smallest absolute Gasteiger partial charge is 0.251 e. The molecule has 0 spiro atoms. The molecule has 3 rings (SSSR count). The zero-order valence-electron chi connectivity index (χ0n) is 14.7. The fraction of sp³-hybridized carbons (Fsp3) is 0.421. The lowest BCUT2D eigenvalue weighted by molar-refractivity contribution is -0.123. The SMILES string of the molecule is CC1CCC(NC(=O)C(NS(=O)(=O)c2cccs2)c2ccccc2)CC1. The summed E-state index contributed by atoms with van der Waals surface area (Å²) in [6, 6.07) is 11.4. The second kappa shape index (κ2) is 8.33. The molecule has 1 unspecified atom stereocenters. The number of nitrogens with one attached hydrogen (secondary N) is 2. The summed E-state index contributed by atoms with van der Waals surface area (Å²) in [5, 5.41) is 4.75. The van der Waals surface area contributed by atoms with E-state index in [1.54, 1.807) is 35.7 Å². The van der Waals surface area contributed by atoms with Crippen LogP contribution in [0.5, 0.6) is 0 Å². The summed E-state index contributed by atoms with van der Waals surface area (Å²) in [5.74, 6) is 0.390. The van der Waals surface area contributed by atoms with E-state index in [0.29, 0.717) is 11.5 Å². The molecule has 1 aromatic carbocycles. The van der Waals surface area contributed by atoms with Crippen LogP contribution in [0, 0.1) is 5.92 Å². The Kier molecular flexibility index (Phi) is 6.11. The largest absolute Gasteiger partial charge is 0.352 e. The Bertz CT molecular complexity index is 812. The van der Waals surface area contributed by atoms with Crippen molar-refractivity contribution in [1.29, 1.82) is 0 Å². The number of benzene rings is 1. The standard InChI is InChI=1S/C19H24N2O3S2/c1-14-9-11-16(12-10-14)20-19(22)18(15-6-3-2-4-7-15)21-26(23,24)17-8-5-13-25-17/h2-8,13-14,16,18,21H,9-12H2,1H3,(H,20,22). The summed E-state index contributed by atoms with van der Waals surface area (Å²) in [7, 11) is -3.75. The molecule has 0 radical (unpaired) electrons.